The van der Waals surface area contributed by atoms with E-state index in [2.05, 4.69) is 11.2 Å². The Morgan fingerprint density at radius 3 is 2.68 bits per heavy atom. The van der Waals surface area contributed by atoms with Crippen molar-refractivity contribution in [1.29, 1.82) is 5.26 Å². The van der Waals surface area contributed by atoms with Gasteiger partial charge >= 0.3 is 0 Å². The van der Waals surface area contributed by atoms with Crippen LogP contribution in [0.2, 0.25) is 0 Å². The van der Waals surface area contributed by atoms with Crippen LogP contribution >= 0.6 is 0 Å². The molecule has 0 spiro atoms. The molecule has 176 valence electrons. The van der Waals surface area contributed by atoms with Crippen LogP contribution in [0.15, 0.2) is 36.4 Å². The first-order chi connectivity index (χ1) is 16.4. The first-order valence-electron chi connectivity index (χ1n) is 10.8. The van der Waals surface area contributed by atoms with E-state index >= 15 is 0 Å². The molecule has 0 bridgehead atoms. The van der Waals surface area contributed by atoms with Crippen LogP contribution in [0.3, 0.4) is 0 Å². The van der Waals surface area contributed by atoms with Crippen LogP contribution in [0.5, 0.6) is 5.75 Å². The Kier molecular flexibility index (Phi) is 6.75. The van der Waals surface area contributed by atoms with Gasteiger partial charge < -0.3 is 20.9 Å². The molecule has 8 nitrogen and oxygen atoms in total. The zero-order chi connectivity index (χ0) is 24.2. The molecule has 1 saturated heterocycles. The van der Waals surface area contributed by atoms with Crippen LogP contribution < -0.4 is 16.2 Å². The molecule has 1 aromatic heterocycles. The molecule has 10 heteroatoms. The number of benzene rings is 2. The molecular weight excluding hydrogens is 444 g/mol. The number of anilines is 1. The van der Waals surface area contributed by atoms with E-state index in [4.69, 9.17) is 20.9 Å². The number of nitrogens with two attached hydrogens (primary N) is 2. The van der Waals surface area contributed by atoms with Gasteiger partial charge in [0, 0.05) is 25.2 Å². The topological polar surface area (TPSA) is 129 Å². The second-order valence-corrected chi connectivity index (χ2v) is 7.92. The largest absolute Gasteiger partial charge is 0.492 e. The van der Waals surface area contributed by atoms with Gasteiger partial charge in [-0.1, -0.05) is 12.1 Å². The highest BCUT2D eigenvalue weighted by atomic mass is 19.1. The lowest BCUT2D eigenvalue weighted by atomic mass is 10.0. The van der Waals surface area contributed by atoms with Crippen molar-refractivity contribution >= 4 is 11.7 Å². The first-order valence-corrected chi connectivity index (χ1v) is 10.8. The van der Waals surface area contributed by atoms with Crippen LogP contribution in [0, 0.1) is 23.0 Å². The Morgan fingerprint density at radius 1 is 1.24 bits per heavy atom. The summed E-state index contributed by atoms with van der Waals surface area (Å²) in [6.07, 6.45) is 1.65. The number of halogens is 2. The van der Waals surface area contributed by atoms with E-state index < -0.39 is 17.5 Å². The van der Waals surface area contributed by atoms with Crippen LogP contribution in [-0.2, 0) is 11.2 Å². The number of aromatic nitrogens is 2. The lowest BCUT2D eigenvalue weighted by Crippen LogP contribution is -2.21. The van der Waals surface area contributed by atoms with Crippen molar-refractivity contribution < 1.29 is 23.0 Å². The Morgan fingerprint density at radius 2 is 2.00 bits per heavy atom. The third-order valence-electron chi connectivity index (χ3n) is 5.76. The lowest BCUT2D eigenvalue weighted by Gasteiger charge is -2.23. The van der Waals surface area contributed by atoms with Gasteiger partial charge in [-0.3, -0.25) is 4.79 Å². The van der Waals surface area contributed by atoms with E-state index in [0.717, 1.165) is 25.0 Å². The van der Waals surface area contributed by atoms with Gasteiger partial charge in [-0.2, -0.15) is 10.4 Å². The highest BCUT2D eigenvalue weighted by Gasteiger charge is 2.24. The third kappa shape index (κ3) is 4.70. The van der Waals surface area contributed by atoms with E-state index in [1.807, 2.05) is 0 Å². The smallest absolute Gasteiger partial charge is 0.252 e. The average molecular weight is 467 g/mol. The maximum Gasteiger partial charge on any atom is 0.252 e. The molecule has 2 heterocycles. The second kappa shape index (κ2) is 9.89. The first kappa shape index (κ1) is 23.2. The van der Waals surface area contributed by atoms with Crippen molar-refractivity contribution in [2.75, 3.05) is 25.6 Å². The van der Waals surface area contributed by atoms with Gasteiger partial charge in [-0.15, -0.1) is 0 Å². The number of nitriles is 1. The number of carbonyl (C=O) groups is 1. The summed E-state index contributed by atoms with van der Waals surface area (Å²) in [5.41, 5.74) is 12.7. The number of hydrogen-bond acceptors (Lipinski definition) is 6. The molecule has 34 heavy (non-hydrogen) atoms. The summed E-state index contributed by atoms with van der Waals surface area (Å²) < 4.78 is 40.8. The molecule has 1 amide bonds. The summed E-state index contributed by atoms with van der Waals surface area (Å²) in [6, 6.07) is 10.1. The Labute approximate surface area is 194 Å². The standard InChI is InChI=1S/C24H23F2N5O3/c25-16-3-4-21(18(12-16)24(29)32)34-10-5-14-1-2-15(11-20(14)26)22-19(13-27)23(28)31(30-22)17-6-8-33-9-7-17/h1-4,11-12,17H,5-10,28H2,(H2,29,32). The summed E-state index contributed by atoms with van der Waals surface area (Å²) >= 11 is 0. The SMILES string of the molecule is N#Cc1c(-c2ccc(CCOc3ccc(F)cc3C(N)=O)c(F)c2)nn(C2CCOCC2)c1N. The highest BCUT2D eigenvalue weighted by Crippen LogP contribution is 2.32. The normalized spacial score (nSPS) is 14.0. The fraction of sp³-hybridized carbons (Fsp3) is 0.292. The van der Waals surface area contributed by atoms with Crippen molar-refractivity contribution in [3.8, 4) is 23.1 Å². The summed E-state index contributed by atoms with van der Waals surface area (Å²) in [5.74, 6) is -1.55. The van der Waals surface area contributed by atoms with Crippen molar-refractivity contribution in [3.05, 3.63) is 64.7 Å². The molecule has 0 atom stereocenters. The highest BCUT2D eigenvalue weighted by molar-refractivity contribution is 5.95. The van der Waals surface area contributed by atoms with Crippen LogP contribution in [0.4, 0.5) is 14.6 Å². The molecule has 0 radical (unpaired) electrons. The quantitative estimate of drug-likeness (QED) is 0.548. The van der Waals surface area contributed by atoms with Gasteiger partial charge in [-0.05, 0) is 42.7 Å². The summed E-state index contributed by atoms with van der Waals surface area (Å²) in [4.78, 5) is 11.5. The predicted octanol–water partition coefficient (Wildman–Crippen LogP) is 3.35. The van der Waals surface area contributed by atoms with Gasteiger partial charge in [0.15, 0.2) is 0 Å². The van der Waals surface area contributed by atoms with E-state index in [9.17, 15) is 18.8 Å². The van der Waals surface area contributed by atoms with Gasteiger partial charge in [0.1, 0.15) is 40.5 Å². The molecular formula is C24H23F2N5O3. The Bertz CT molecular complexity index is 1260. The molecule has 0 aliphatic carbocycles. The molecule has 3 aromatic rings. The summed E-state index contributed by atoms with van der Waals surface area (Å²) in [7, 11) is 0. The average Bonchev–Trinajstić information content (AvgIpc) is 3.17. The van der Waals surface area contributed by atoms with Crippen molar-refractivity contribution in [2.24, 2.45) is 5.73 Å². The Hall–Kier alpha value is -3.97. The summed E-state index contributed by atoms with van der Waals surface area (Å²) in [5, 5.41) is 14.2. The molecule has 2 aromatic carbocycles. The van der Waals surface area contributed by atoms with E-state index in [1.54, 1.807) is 16.8 Å². The molecule has 4 N–H and O–H groups in total. The monoisotopic (exact) mass is 467 g/mol. The number of nitrogen functional groups attached to an aromatic ring is 1. The number of carbonyl (C=O) groups excluding carboxylic acids is 1. The third-order valence-corrected chi connectivity index (χ3v) is 5.76. The van der Waals surface area contributed by atoms with Crippen molar-refractivity contribution in [2.45, 2.75) is 25.3 Å². The van der Waals surface area contributed by atoms with Crippen LogP contribution in [-0.4, -0.2) is 35.5 Å². The minimum atomic E-state index is -0.821. The van der Waals surface area contributed by atoms with E-state index in [0.29, 0.717) is 30.0 Å². The number of nitrogens with zero attached hydrogens (tertiary/aromatic N) is 3. The molecule has 1 aliphatic rings. The predicted molar refractivity (Wildman–Crippen MR) is 120 cm³/mol. The maximum absolute atomic E-state index is 14.9. The van der Waals surface area contributed by atoms with Gasteiger partial charge in [-0.25, -0.2) is 13.5 Å². The van der Waals surface area contributed by atoms with Crippen LogP contribution in [0.1, 0.15) is 40.4 Å². The van der Waals surface area contributed by atoms with Gasteiger partial charge in [0.2, 0.25) is 0 Å². The summed E-state index contributed by atoms with van der Waals surface area (Å²) in [6.45, 7) is 1.22. The number of primary amides is 1. The van der Waals surface area contributed by atoms with E-state index in [-0.39, 0.29) is 41.8 Å². The van der Waals surface area contributed by atoms with Gasteiger partial charge in [0.25, 0.3) is 5.91 Å². The molecule has 0 saturated carbocycles. The van der Waals surface area contributed by atoms with Gasteiger partial charge in [0.05, 0.1) is 18.2 Å². The molecule has 1 fully saturated rings. The number of rotatable bonds is 7. The molecule has 0 unspecified atom stereocenters. The number of hydrogen-bond donors (Lipinski definition) is 2. The minimum Gasteiger partial charge on any atom is -0.492 e. The molecule has 4 rings (SSSR count). The van der Waals surface area contributed by atoms with Crippen molar-refractivity contribution in [1.82, 2.24) is 9.78 Å². The minimum absolute atomic E-state index is 0.0209. The molecule has 1 aliphatic heterocycles. The number of amides is 1. The van der Waals surface area contributed by atoms with Crippen LogP contribution in [0.25, 0.3) is 11.3 Å². The van der Waals surface area contributed by atoms with E-state index in [1.165, 1.54) is 12.1 Å². The number of ether oxygens (including phenoxy) is 2. The zero-order valence-corrected chi connectivity index (χ0v) is 18.3. The zero-order valence-electron chi connectivity index (χ0n) is 18.3. The maximum atomic E-state index is 14.9. The second-order valence-electron chi connectivity index (χ2n) is 7.92. The van der Waals surface area contributed by atoms with Crippen molar-refractivity contribution in [3.63, 3.8) is 0 Å². The fourth-order valence-corrected chi connectivity index (χ4v) is 3.96. The lowest BCUT2D eigenvalue weighted by molar-refractivity contribution is 0.0669. The Balaban J connectivity index is 1.51. The fourth-order valence-electron chi connectivity index (χ4n) is 3.96.